The van der Waals surface area contributed by atoms with Crippen molar-refractivity contribution in [1.82, 2.24) is 4.57 Å². The molecule has 0 fully saturated rings. The van der Waals surface area contributed by atoms with E-state index in [2.05, 4.69) is 26.2 Å². The first-order chi connectivity index (χ1) is 10.1. The summed E-state index contributed by atoms with van der Waals surface area (Å²) in [6, 6.07) is 13.4. The van der Waals surface area contributed by atoms with E-state index in [4.69, 9.17) is 0 Å². The second-order valence-electron chi connectivity index (χ2n) is 4.89. The molecule has 2 aromatic carbocycles. The van der Waals surface area contributed by atoms with Gasteiger partial charge < -0.3 is 9.67 Å². The highest BCUT2D eigenvalue weighted by atomic mass is 79.9. The summed E-state index contributed by atoms with van der Waals surface area (Å²) in [6.07, 6.45) is 0. The Kier molecular flexibility index (Phi) is 3.51. The van der Waals surface area contributed by atoms with E-state index in [1.807, 2.05) is 56.4 Å². The van der Waals surface area contributed by atoms with E-state index in [-0.39, 0.29) is 5.88 Å². The topological polar surface area (TPSA) is 49.9 Å². The van der Waals surface area contributed by atoms with E-state index < -0.39 is 0 Å². The fourth-order valence-electron chi connectivity index (χ4n) is 2.45. The Morgan fingerprint density at radius 3 is 2.52 bits per heavy atom. The first kappa shape index (κ1) is 13.8. The van der Waals surface area contributed by atoms with Crippen molar-refractivity contribution in [3.05, 3.63) is 52.5 Å². The zero-order chi connectivity index (χ0) is 15.0. The third-order valence-corrected chi connectivity index (χ3v) is 3.86. The van der Waals surface area contributed by atoms with Crippen molar-refractivity contribution in [3.8, 4) is 5.88 Å². The van der Waals surface area contributed by atoms with Crippen LogP contribution < -0.4 is 0 Å². The third-order valence-electron chi connectivity index (χ3n) is 3.41. The van der Waals surface area contributed by atoms with E-state index in [1.54, 1.807) is 4.57 Å². The molecule has 0 saturated heterocycles. The molecule has 0 aliphatic carbocycles. The maximum Gasteiger partial charge on any atom is 0.220 e. The molecule has 0 aliphatic rings. The van der Waals surface area contributed by atoms with E-state index >= 15 is 0 Å². The Hall–Kier alpha value is -2.14. The second-order valence-corrected chi connectivity index (χ2v) is 5.80. The zero-order valence-corrected chi connectivity index (χ0v) is 13.3. The lowest BCUT2D eigenvalue weighted by atomic mass is 10.1. The van der Waals surface area contributed by atoms with Crippen LogP contribution in [0.1, 0.15) is 5.56 Å². The maximum absolute atomic E-state index is 10.3. The smallest absolute Gasteiger partial charge is 0.220 e. The van der Waals surface area contributed by atoms with Crippen molar-refractivity contribution in [3.63, 3.8) is 0 Å². The number of halogens is 1. The third kappa shape index (κ3) is 2.45. The number of nitrogens with zero attached hydrogens (tertiary/aromatic N) is 3. The number of aromatic nitrogens is 1. The molecule has 0 amide bonds. The summed E-state index contributed by atoms with van der Waals surface area (Å²) in [5, 5.41) is 19.6. The largest absolute Gasteiger partial charge is 0.493 e. The van der Waals surface area contributed by atoms with Gasteiger partial charge in [0.15, 0.2) is 5.69 Å². The van der Waals surface area contributed by atoms with Gasteiger partial charge in [0.05, 0.1) is 11.2 Å². The van der Waals surface area contributed by atoms with Crippen LogP contribution in [0.15, 0.2) is 57.2 Å². The van der Waals surface area contributed by atoms with E-state index in [0.717, 1.165) is 26.6 Å². The van der Waals surface area contributed by atoms with Crippen LogP contribution in [0.3, 0.4) is 0 Å². The number of aryl methyl sites for hydroxylation is 2. The number of fused-ring (bicyclic) bond motifs is 1. The van der Waals surface area contributed by atoms with Gasteiger partial charge in [0, 0.05) is 16.9 Å². The van der Waals surface area contributed by atoms with Crippen LogP contribution in [0.5, 0.6) is 5.88 Å². The number of hydrogen-bond donors (Lipinski definition) is 1. The molecular weight excluding hydrogens is 330 g/mol. The van der Waals surface area contributed by atoms with Gasteiger partial charge in [-0.25, -0.2) is 0 Å². The number of aromatic hydroxyl groups is 1. The molecule has 4 nitrogen and oxygen atoms in total. The normalized spacial score (nSPS) is 11.6. The zero-order valence-electron chi connectivity index (χ0n) is 11.7. The van der Waals surface area contributed by atoms with Gasteiger partial charge in [-0.1, -0.05) is 34.1 Å². The van der Waals surface area contributed by atoms with Crippen molar-refractivity contribution >= 4 is 38.2 Å². The fourth-order valence-corrected chi connectivity index (χ4v) is 3.02. The van der Waals surface area contributed by atoms with Crippen LogP contribution in [0.25, 0.3) is 10.9 Å². The van der Waals surface area contributed by atoms with Crippen molar-refractivity contribution in [2.75, 3.05) is 0 Å². The molecule has 0 aliphatic heterocycles. The minimum atomic E-state index is 0.117. The van der Waals surface area contributed by atoms with Crippen LogP contribution in [0, 0.1) is 6.92 Å². The molecule has 0 radical (unpaired) electrons. The van der Waals surface area contributed by atoms with Gasteiger partial charge in [-0.3, -0.25) is 0 Å². The predicted molar refractivity (Wildman–Crippen MR) is 87.6 cm³/mol. The van der Waals surface area contributed by atoms with Crippen molar-refractivity contribution in [2.24, 2.45) is 17.3 Å². The van der Waals surface area contributed by atoms with Crippen LogP contribution >= 0.6 is 15.9 Å². The minimum absolute atomic E-state index is 0.117. The molecule has 0 bridgehead atoms. The van der Waals surface area contributed by atoms with Gasteiger partial charge in [-0.2, -0.15) is 5.11 Å². The Morgan fingerprint density at radius 1 is 1.10 bits per heavy atom. The summed E-state index contributed by atoms with van der Waals surface area (Å²) in [4.78, 5) is 0. The highest BCUT2D eigenvalue weighted by Crippen LogP contribution is 2.41. The SMILES string of the molecule is Cc1cc(Br)cc2c(N=Nc3ccccc3)c(O)n(C)c12. The summed E-state index contributed by atoms with van der Waals surface area (Å²) in [7, 11) is 1.82. The maximum atomic E-state index is 10.3. The van der Waals surface area contributed by atoms with Gasteiger partial charge in [0.1, 0.15) is 0 Å². The lowest BCUT2D eigenvalue weighted by Crippen LogP contribution is -1.88. The Morgan fingerprint density at radius 2 is 1.81 bits per heavy atom. The van der Waals surface area contributed by atoms with Crippen molar-refractivity contribution < 1.29 is 5.11 Å². The summed E-state index contributed by atoms with van der Waals surface area (Å²) < 4.78 is 2.69. The quantitative estimate of drug-likeness (QED) is 0.624. The average molecular weight is 344 g/mol. The summed E-state index contributed by atoms with van der Waals surface area (Å²) in [6.45, 7) is 2.00. The van der Waals surface area contributed by atoms with E-state index in [9.17, 15) is 5.11 Å². The molecule has 3 rings (SSSR count). The first-order valence-corrected chi connectivity index (χ1v) is 7.31. The second kappa shape index (κ2) is 5.33. The van der Waals surface area contributed by atoms with Crippen molar-refractivity contribution in [1.29, 1.82) is 0 Å². The monoisotopic (exact) mass is 343 g/mol. The van der Waals surface area contributed by atoms with Crippen LogP contribution in [0.4, 0.5) is 11.4 Å². The van der Waals surface area contributed by atoms with Gasteiger partial charge in [0.25, 0.3) is 0 Å². The van der Waals surface area contributed by atoms with Crippen molar-refractivity contribution in [2.45, 2.75) is 6.92 Å². The molecule has 0 spiro atoms. The van der Waals surface area contributed by atoms with Gasteiger partial charge in [-0.05, 0) is 36.8 Å². The van der Waals surface area contributed by atoms with E-state index in [1.165, 1.54) is 0 Å². The molecule has 1 heterocycles. The van der Waals surface area contributed by atoms with Gasteiger partial charge in [0.2, 0.25) is 5.88 Å². The molecule has 21 heavy (non-hydrogen) atoms. The molecular formula is C16H14BrN3O. The Bertz CT molecular complexity index is 838. The number of azo groups is 1. The average Bonchev–Trinajstić information content (AvgIpc) is 2.70. The number of benzene rings is 2. The Labute approximate surface area is 130 Å². The highest BCUT2D eigenvalue weighted by molar-refractivity contribution is 9.10. The highest BCUT2D eigenvalue weighted by Gasteiger charge is 2.16. The minimum Gasteiger partial charge on any atom is -0.493 e. The molecule has 1 aromatic heterocycles. The molecule has 5 heteroatoms. The predicted octanol–water partition coefficient (Wildman–Crippen LogP) is 5.37. The van der Waals surface area contributed by atoms with Crippen LogP contribution in [-0.4, -0.2) is 9.67 Å². The molecule has 0 saturated carbocycles. The lowest BCUT2D eigenvalue weighted by Gasteiger charge is -2.01. The van der Waals surface area contributed by atoms with Gasteiger partial charge in [-0.15, -0.1) is 5.11 Å². The fraction of sp³-hybridized carbons (Fsp3) is 0.125. The summed E-state index contributed by atoms with van der Waals surface area (Å²) >= 11 is 3.48. The van der Waals surface area contributed by atoms with Gasteiger partial charge >= 0.3 is 0 Å². The molecule has 0 unspecified atom stereocenters. The summed E-state index contributed by atoms with van der Waals surface area (Å²) in [5.41, 5.74) is 3.26. The van der Waals surface area contributed by atoms with E-state index in [0.29, 0.717) is 5.69 Å². The number of hydrogen-bond acceptors (Lipinski definition) is 3. The summed E-state index contributed by atoms with van der Waals surface area (Å²) in [5.74, 6) is 0.117. The molecule has 0 atom stereocenters. The molecule has 1 N–H and O–H groups in total. The van der Waals surface area contributed by atoms with Crippen LogP contribution in [0.2, 0.25) is 0 Å². The molecule has 106 valence electrons. The van der Waals surface area contributed by atoms with Crippen LogP contribution in [-0.2, 0) is 7.05 Å². The molecule has 3 aromatic rings. The lowest BCUT2D eigenvalue weighted by molar-refractivity contribution is 0.436. The number of rotatable bonds is 2. The standard InChI is InChI=1S/C16H14BrN3O/c1-10-8-11(17)9-13-14(16(21)20(2)15(10)13)19-18-12-6-4-3-5-7-12/h3-9,21H,1-2H3. The Balaban J connectivity index is 2.19. The first-order valence-electron chi connectivity index (χ1n) is 6.52.